The Kier molecular flexibility index (Phi) is 5.32. The minimum absolute atomic E-state index is 0.0147. The Morgan fingerprint density at radius 3 is 2.46 bits per heavy atom. The number of likely N-dealkylation sites (N-methyl/N-ethyl adjacent to an activating group) is 1. The standard InChI is InChI=1S/C18H22FN5O2/c1-13-11-16(18(26)23-9-7-22(2)8-10-23)21-24(13)12-17(25)20-15-5-3-14(19)4-6-15/h3-6,11H,7-10,12H2,1-2H3,(H,20,25). The number of carbonyl (C=O) groups is 2. The first-order valence-electron chi connectivity index (χ1n) is 8.50. The second-order valence-electron chi connectivity index (χ2n) is 6.48. The zero-order valence-electron chi connectivity index (χ0n) is 14.9. The Morgan fingerprint density at radius 1 is 1.15 bits per heavy atom. The number of aromatic nitrogens is 2. The SMILES string of the molecule is Cc1cc(C(=O)N2CCN(C)CC2)nn1CC(=O)Nc1ccc(F)cc1. The third-order valence-corrected chi connectivity index (χ3v) is 4.41. The molecule has 0 atom stereocenters. The number of hydrogen-bond donors (Lipinski definition) is 1. The largest absolute Gasteiger partial charge is 0.335 e. The molecule has 26 heavy (non-hydrogen) atoms. The molecule has 0 radical (unpaired) electrons. The molecule has 1 fully saturated rings. The van der Waals surface area contributed by atoms with Gasteiger partial charge in [0.2, 0.25) is 5.91 Å². The molecular weight excluding hydrogens is 337 g/mol. The third-order valence-electron chi connectivity index (χ3n) is 4.41. The summed E-state index contributed by atoms with van der Waals surface area (Å²) >= 11 is 0. The molecule has 0 unspecified atom stereocenters. The fourth-order valence-electron chi connectivity index (χ4n) is 2.82. The first kappa shape index (κ1) is 18.1. The van der Waals surface area contributed by atoms with Gasteiger partial charge in [0.1, 0.15) is 12.4 Å². The van der Waals surface area contributed by atoms with Gasteiger partial charge in [-0.15, -0.1) is 0 Å². The molecular formula is C18H22FN5O2. The van der Waals surface area contributed by atoms with Crippen LogP contribution in [0.15, 0.2) is 30.3 Å². The van der Waals surface area contributed by atoms with Crippen LogP contribution in [0.2, 0.25) is 0 Å². The van der Waals surface area contributed by atoms with Gasteiger partial charge in [0.15, 0.2) is 5.69 Å². The van der Waals surface area contributed by atoms with Crippen LogP contribution in [-0.2, 0) is 11.3 Å². The van der Waals surface area contributed by atoms with E-state index < -0.39 is 0 Å². The van der Waals surface area contributed by atoms with E-state index >= 15 is 0 Å². The first-order chi connectivity index (χ1) is 12.4. The molecule has 1 aromatic carbocycles. The summed E-state index contributed by atoms with van der Waals surface area (Å²) < 4.78 is 14.4. The number of halogens is 1. The van der Waals surface area contributed by atoms with Crippen LogP contribution in [0, 0.1) is 12.7 Å². The normalized spacial score (nSPS) is 15.1. The summed E-state index contributed by atoms with van der Waals surface area (Å²) in [4.78, 5) is 28.7. The minimum Gasteiger partial charge on any atom is -0.335 e. The van der Waals surface area contributed by atoms with Crippen LogP contribution >= 0.6 is 0 Å². The van der Waals surface area contributed by atoms with Gasteiger partial charge in [-0.3, -0.25) is 14.3 Å². The maximum atomic E-state index is 12.9. The quantitative estimate of drug-likeness (QED) is 0.895. The Balaban J connectivity index is 1.63. The highest BCUT2D eigenvalue weighted by molar-refractivity contribution is 5.93. The summed E-state index contributed by atoms with van der Waals surface area (Å²) in [5.41, 5.74) is 1.59. The minimum atomic E-state index is -0.363. The van der Waals surface area contributed by atoms with Crippen molar-refractivity contribution in [1.82, 2.24) is 19.6 Å². The van der Waals surface area contributed by atoms with Crippen molar-refractivity contribution in [2.45, 2.75) is 13.5 Å². The van der Waals surface area contributed by atoms with Crippen LogP contribution in [0.3, 0.4) is 0 Å². The van der Waals surface area contributed by atoms with Crippen LogP contribution in [-0.4, -0.2) is 64.6 Å². The van der Waals surface area contributed by atoms with Gasteiger partial charge in [0, 0.05) is 37.6 Å². The summed E-state index contributed by atoms with van der Waals surface area (Å²) in [6, 6.07) is 7.24. The van der Waals surface area contributed by atoms with Crippen molar-refractivity contribution in [3.63, 3.8) is 0 Å². The molecule has 138 valence electrons. The zero-order valence-corrected chi connectivity index (χ0v) is 14.9. The molecule has 0 bridgehead atoms. The van der Waals surface area contributed by atoms with Crippen molar-refractivity contribution in [2.24, 2.45) is 0 Å². The highest BCUT2D eigenvalue weighted by atomic mass is 19.1. The summed E-state index contributed by atoms with van der Waals surface area (Å²) in [6.45, 7) is 4.81. The summed E-state index contributed by atoms with van der Waals surface area (Å²) in [6.07, 6.45) is 0. The highest BCUT2D eigenvalue weighted by Gasteiger charge is 2.23. The van der Waals surface area contributed by atoms with Crippen LogP contribution in [0.25, 0.3) is 0 Å². The number of hydrogen-bond acceptors (Lipinski definition) is 4. The lowest BCUT2D eigenvalue weighted by Crippen LogP contribution is -2.47. The molecule has 3 rings (SSSR count). The van der Waals surface area contributed by atoms with Crippen molar-refractivity contribution >= 4 is 17.5 Å². The summed E-state index contributed by atoms with van der Waals surface area (Å²) in [5, 5.41) is 6.97. The lowest BCUT2D eigenvalue weighted by molar-refractivity contribution is -0.116. The number of nitrogens with one attached hydrogen (secondary N) is 1. The predicted octanol–water partition coefficient (Wildman–Crippen LogP) is 1.36. The first-order valence-corrected chi connectivity index (χ1v) is 8.50. The lowest BCUT2D eigenvalue weighted by Gasteiger charge is -2.31. The van der Waals surface area contributed by atoms with E-state index in [4.69, 9.17) is 0 Å². The number of carbonyl (C=O) groups excluding carboxylic acids is 2. The van der Waals surface area contributed by atoms with Gasteiger partial charge in [-0.1, -0.05) is 0 Å². The molecule has 1 N–H and O–H groups in total. The van der Waals surface area contributed by atoms with Crippen LogP contribution in [0.1, 0.15) is 16.2 Å². The van der Waals surface area contributed by atoms with E-state index in [1.165, 1.54) is 28.9 Å². The van der Waals surface area contributed by atoms with Gasteiger partial charge in [-0.2, -0.15) is 5.10 Å². The number of piperazine rings is 1. The van der Waals surface area contributed by atoms with E-state index in [-0.39, 0.29) is 24.2 Å². The third kappa shape index (κ3) is 4.26. The highest BCUT2D eigenvalue weighted by Crippen LogP contribution is 2.11. The number of rotatable bonds is 4. The second kappa shape index (κ2) is 7.65. The number of benzene rings is 1. The molecule has 1 saturated heterocycles. The van der Waals surface area contributed by atoms with E-state index in [1.54, 1.807) is 17.9 Å². The molecule has 0 spiro atoms. The average molecular weight is 359 g/mol. The zero-order chi connectivity index (χ0) is 18.7. The van der Waals surface area contributed by atoms with E-state index in [1.807, 2.05) is 7.05 Å². The van der Waals surface area contributed by atoms with Crippen molar-refractivity contribution < 1.29 is 14.0 Å². The fourth-order valence-corrected chi connectivity index (χ4v) is 2.82. The molecule has 2 aromatic rings. The Morgan fingerprint density at radius 2 is 1.81 bits per heavy atom. The molecule has 2 amide bonds. The number of nitrogens with zero attached hydrogens (tertiary/aromatic N) is 4. The fraction of sp³-hybridized carbons (Fsp3) is 0.389. The summed E-state index contributed by atoms with van der Waals surface area (Å²) in [5.74, 6) is -0.765. The topological polar surface area (TPSA) is 70.5 Å². The molecule has 1 aliphatic rings. The maximum Gasteiger partial charge on any atom is 0.274 e. The number of anilines is 1. The molecule has 8 heteroatoms. The van der Waals surface area contributed by atoms with Crippen LogP contribution < -0.4 is 5.32 Å². The molecule has 2 heterocycles. The van der Waals surface area contributed by atoms with E-state index in [0.29, 0.717) is 24.5 Å². The van der Waals surface area contributed by atoms with E-state index in [2.05, 4.69) is 15.3 Å². The molecule has 1 aliphatic heterocycles. The van der Waals surface area contributed by atoms with Crippen LogP contribution in [0.5, 0.6) is 0 Å². The molecule has 0 saturated carbocycles. The van der Waals surface area contributed by atoms with Gasteiger partial charge < -0.3 is 15.1 Å². The van der Waals surface area contributed by atoms with E-state index in [0.717, 1.165) is 18.8 Å². The summed E-state index contributed by atoms with van der Waals surface area (Å²) in [7, 11) is 2.03. The smallest absolute Gasteiger partial charge is 0.274 e. The van der Waals surface area contributed by atoms with Gasteiger partial charge in [0.25, 0.3) is 5.91 Å². The second-order valence-corrected chi connectivity index (χ2v) is 6.48. The van der Waals surface area contributed by atoms with Gasteiger partial charge in [-0.05, 0) is 44.3 Å². The van der Waals surface area contributed by atoms with E-state index in [9.17, 15) is 14.0 Å². The Hall–Kier alpha value is -2.74. The predicted molar refractivity (Wildman–Crippen MR) is 95.4 cm³/mol. The molecule has 7 nitrogen and oxygen atoms in total. The Bertz CT molecular complexity index is 794. The average Bonchev–Trinajstić information content (AvgIpc) is 2.97. The van der Waals surface area contributed by atoms with Gasteiger partial charge >= 0.3 is 0 Å². The molecule has 0 aliphatic carbocycles. The number of amides is 2. The van der Waals surface area contributed by atoms with Crippen molar-refractivity contribution in [3.05, 3.63) is 47.5 Å². The lowest BCUT2D eigenvalue weighted by atomic mass is 10.3. The van der Waals surface area contributed by atoms with Gasteiger partial charge in [-0.25, -0.2) is 4.39 Å². The van der Waals surface area contributed by atoms with Crippen molar-refractivity contribution in [1.29, 1.82) is 0 Å². The Labute approximate surface area is 151 Å². The van der Waals surface area contributed by atoms with Crippen molar-refractivity contribution in [2.75, 3.05) is 38.5 Å². The van der Waals surface area contributed by atoms with Crippen LogP contribution in [0.4, 0.5) is 10.1 Å². The monoisotopic (exact) mass is 359 g/mol. The van der Waals surface area contributed by atoms with Crippen molar-refractivity contribution in [3.8, 4) is 0 Å². The molecule has 1 aromatic heterocycles. The number of aryl methyl sites for hydroxylation is 1. The maximum absolute atomic E-state index is 12.9. The van der Waals surface area contributed by atoms with Gasteiger partial charge in [0.05, 0.1) is 0 Å².